The van der Waals surface area contributed by atoms with Gasteiger partial charge in [0.25, 0.3) is 0 Å². The van der Waals surface area contributed by atoms with Gasteiger partial charge in [0.15, 0.2) is 0 Å². The lowest BCUT2D eigenvalue weighted by Gasteiger charge is -2.14. The third kappa shape index (κ3) is 3.61. The van der Waals surface area contributed by atoms with E-state index >= 15 is 0 Å². The Morgan fingerprint density at radius 2 is 1.71 bits per heavy atom. The first-order valence-corrected chi connectivity index (χ1v) is 7.44. The fourth-order valence-electron chi connectivity index (χ4n) is 2.26. The summed E-state index contributed by atoms with van der Waals surface area (Å²) < 4.78 is 6.03. The highest BCUT2D eigenvalue weighted by molar-refractivity contribution is 5.46. The summed E-state index contributed by atoms with van der Waals surface area (Å²) in [4.78, 5) is 4.57. The molecule has 1 heterocycles. The van der Waals surface area contributed by atoms with Crippen LogP contribution in [0.3, 0.4) is 0 Å². The summed E-state index contributed by atoms with van der Waals surface area (Å²) in [5.41, 5.74) is 5.76. The van der Waals surface area contributed by atoms with E-state index < -0.39 is 0 Å². The maximum atomic E-state index is 6.03. The normalized spacial score (nSPS) is 10.7. The monoisotopic (exact) mass is 284 g/mol. The molecule has 0 aliphatic rings. The number of ether oxygens (including phenoxy) is 1. The second-order valence-corrected chi connectivity index (χ2v) is 5.43. The minimum atomic E-state index is 0.657. The van der Waals surface area contributed by atoms with Crippen molar-refractivity contribution >= 4 is 0 Å². The first kappa shape index (κ1) is 15.5. The Balaban J connectivity index is 2.25. The number of hydrogen-bond acceptors (Lipinski definition) is 3. The van der Waals surface area contributed by atoms with Crippen molar-refractivity contribution in [3.05, 3.63) is 52.2 Å². The molecule has 0 amide bonds. The Hall–Kier alpha value is -1.87. The van der Waals surface area contributed by atoms with Crippen molar-refractivity contribution in [1.82, 2.24) is 10.3 Å². The molecule has 1 aromatic carbocycles. The van der Waals surface area contributed by atoms with Crippen molar-refractivity contribution < 1.29 is 4.74 Å². The minimum absolute atomic E-state index is 0.657. The second kappa shape index (κ2) is 6.72. The van der Waals surface area contributed by atoms with E-state index in [0.29, 0.717) is 5.88 Å². The summed E-state index contributed by atoms with van der Waals surface area (Å²) in [5.74, 6) is 1.57. The van der Waals surface area contributed by atoms with Crippen LogP contribution in [0.4, 0.5) is 0 Å². The lowest BCUT2D eigenvalue weighted by atomic mass is 10.1. The second-order valence-electron chi connectivity index (χ2n) is 5.43. The van der Waals surface area contributed by atoms with Crippen molar-refractivity contribution in [1.29, 1.82) is 0 Å². The summed E-state index contributed by atoms with van der Waals surface area (Å²) in [6, 6.07) is 8.24. The number of nitrogens with zero attached hydrogens (tertiary/aromatic N) is 1. The van der Waals surface area contributed by atoms with E-state index in [-0.39, 0.29) is 0 Å². The summed E-state index contributed by atoms with van der Waals surface area (Å²) in [5, 5.41) is 3.32. The zero-order valence-electron chi connectivity index (χ0n) is 13.6. The molecule has 0 unspecified atom stereocenters. The standard InChI is InChI=1S/C18H24N2O/c1-6-19-11-16-9-10-17(20-15(16)5)21-18-13(3)8-7-12(2)14(18)4/h7-10,19H,6,11H2,1-5H3. The predicted octanol–water partition coefficient (Wildman–Crippen LogP) is 4.22. The van der Waals surface area contributed by atoms with Gasteiger partial charge in [0, 0.05) is 18.3 Å². The molecule has 0 aliphatic carbocycles. The van der Waals surface area contributed by atoms with E-state index in [1.165, 1.54) is 16.7 Å². The quantitative estimate of drug-likeness (QED) is 0.892. The van der Waals surface area contributed by atoms with Crippen LogP contribution in [-0.2, 0) is 6.54 Å². The van der Waals surface area contributed by atoms with Crippen LogP contribution in [-0.4, -0.2) is 11.5 Å². The number of nitrogens with one attached hydrogen (secondary N) is 1. The van der Waals surface area contributed by atoms with Gasteiger partial charge < -0.3 is 10.1 Å². The smallest absolute Gasteiger partial charge is 0.219 e. The van der Waals surface area contributed by atoms with Crippen LogP contribution < -0.4 is 10.1 Å². The highest BCUT2D eigenvalue weighted by Crippen LogP contribution is 2.30. The van der Waals surface area contributed by atoms with Crippen LogP contribution >= 0.6 is 0 Å². The number of rotatable bonds is 5. The molecule has 0 saturated heterocycles. The molecule has 1 N–H and O–H groups in total. The molecule has 3 nitrogen and oxygen atoms in total. The molecular formula is C18H24N2O. The summed E-state index contributed by atoms with van der Waals surface area (Å²) in [6.07, 6.45) is 0. The van der Waals surface area contributed by atoms with Gasteiger partial charge in [0.1, 0.15) is 5.75 Å². The van der Waals surface area contributed by atoms with Gasteiger partial charge in [-0.2, -0.15) is 0 Å². The van der Waals surface area contributed by atoms with Gasteiger partial charge in [-0.25, -0.2) is 4.98 Å². The minimum Gasteiger partial charge on any atom is -0.438 e. The number of aromatic nitrogens is 1. The molecule has 0 bridgehead atoms. The molecule has 3 heteroatoms. The molecule has 21 heavy (non-hydrogen) atoms. The van der Waals surface area contributed by atoms with Gasteiger partial charge in [-0.3, -0.25) is 0 Å². The SMILES string of the molecule is CCNCc1ccc(Oc2c(C)ccc(C)c2C)nc1C. The summed E-state index contributed by atoms with van der Waals surface area (Å²) in [6.45, 7) is 12.2. The van der Waals surface area contributed by atoms with E-state index in [1.807, 2.05) is 13.0 Å². The zero-order valence-corrected chi connectivity index (χ0v) is 13.6. The van der Waals surface area contributed by atoms with Crippen LogP contribution in [0, 0.1) is 27.7 Å². The Labute approximate surface area is 127 Å². The molecule has 0 radical (unpaired) electrons. The van der Waals surface area contributed by atoms with Crippen LogP contribution in [0.5, 0.6) is 11.6 Å². The molecule has 1 aromatic heterocycles. The van der Waals surface area contributed by atoms with Gasteiger partial charge in [0.05, 0.1) is 0 Å². The molecule has 2 aromatic rings. The Kier molecular flexibility index (Phi) is 4.97. The average molecular weight is 284 g/mol. The van der Waals surface area contributed by atoms with Gasteiger partial charge in [0.2, 0.25) is 5.88 Å². The van der Waals surface area contributed by atoms with E-state index in [1.54, 1.807) is 0 Å². The number of hydrogen-bond donors (Lipinski definition) is 1. The van der Waals surface area contributed by atoms with E-state index in [0.717, 1.165) is 30.1 Å². The van der Waals surface area contributed by atoms with Gasteiger partial charge in [-0.15, -0.1) is 0 Å². The Bertz CT molecular complexity index is 635. The van der Waals surface area contributed by atoms with Crippen LogP contribution in [0.15, 0.2) is 24.3 Å². The van der Waals surface area contributed by atoms with E-state index in [2.05, 4.69) is 56.2 Å². The summed E-state index contributed by atoms with van der Waals surface area (Å²) in [7, 11) is 0. The fraction of sp³-hybridized carbons (Fsp3) is 0.389. The lowest BCUT2D eigenvalue weighted by Crippen LogP contribution is -2.13. The fourth-order valence-corrected chi connectivity index (χ4v) is 2.26. The molecule has 0 aliphatic heterocycles. The van der Waals surface area contributed by atoms with Crippen molar-refractivity contribution in [3.63, 3.8) is 0 Å². The maximum absolute atomic E-state index is 6.03. The molecule has 0 spiro atoms. The van der Waals surface area contributed by atoms with Gasteiger partial charge >= 0.3 is 0 Å². The molecule has 0 atom stereocenters. The Morgan fingerprint density at radius 1 is 1.00 bits per heavy atom. The number of benzene rings is 1. The number of pyridine rings is 1. The molecule has 0 fully saturated rings. The predicted molar refractivity (Wildman–Crippen MR) is 87.1 cm³/mol. The first-order valence-electron chi connectivity index (χ1n) is 7.44. The number of aryl methyl sites for hydroxylation is 3. The van der Waals surface area contributed by atoms with Crippen LogP contribution in [0.25, 0.3) is 0 Å². The van der Waals surface area contributed by atoms with Crippen molar-refractivity contribution in [2.24, 2.45) is 0 Å². The molecular weight excluding hydrogens is 260 g/mol. The molecule has 112 valence electrons. The van der Waals surface area contributed by atoms with Crippen molar-refractivity contribution in [3.8, 4) is 11.6 Å². The average Bonchev–Trinajstić information content (AvgIpc) is 2.47. The van der Waals surface area contributed by atoms with Crippen LogP contribution in [0.1, 0.15) is 34.9 Å². The highest BCUT2D eigenvalue weighted by Gasteiger charge is 2.09. The third-order valence-corrected chi connectivity index (χ3v) is 3.82. The summed E-state index contributed by atoms with van der Waals surface area (Å²) >= 11 is 0. The maximum Gasteiger partial charge on any atom is 0.219 e. The molecule has 2 rings (SSSR count). The highest BCUT2D eigenvalue weighted by atomic mass is 16.5. The molecule has 0 saturated carbocycles. The van der Waals surface area contributed by atoms with E-state index in [9.17, 15) is 0 Å². The zero-order chi connectivity index (χ0) is 15.4. The van der Waals surface area contributed by atoms with Crippen molar-refractivity contribution in [2.45, 2.75) is 41.2 Å². The first-order chi connectivity index (χ1) is 10.0. The Morgan fingerprint density at radius 3 is 2.38 bits per heavy atom. The topological polar surface area (TPSA) is 34.1 Å². The van der Waals surface area contributed by atoms with Gasteiger partial charge in [-0.1, -0.05) is 25.1 Å². The van der Waals surface area contributed by atoms with Crippen LogP contribution in [0.2, 0.25) is 0 Å². The van der Waals surface area contributed by atoms with Crippen molar-refractivity contribution in [2.75, 3.05) is 6.54 Å². The van der Waals surface area contributed by atoms with E-state index in [4.69, 9.17) is 4.74 Å². The lowest BCUT2D eigenvalue weighted by molar-refractivity contribution is 0.453. The van der Waals surface area contributed by atoms with Gasteiger partial charge in [-0.05, 0) is 56.5 Å². The largest absolute Gasteiger partial charge is 0.438 e. The third-order valence-electron chi connectivity index (χ3n) is 3.82.